The molecule has 15 heteroatoms. The van der Waals surface area contributed by atoms with Gasteiger partial charge in [0.05, 0.1) is 19.1 Å². The first kappa shape index (κ1) is 30.5. The second kappa shape index (κ2) is 16.2. The second-order valence-corrected chi connectivity index (χ2v) is 7.62. The molecule has 0 rings (SSSR count). The van der Waals surface area contributed by atoms with Crippen LogP contribution in [-0.2, 0) is 24.0 Å². The van der Waals surface area contributed by atoms with Gasteiger partial charge in [-0.2, -0.15) is 0 Å². The highest BCUT2D eigenvalue weighted by Gasteiger charge is 2.25. The monoisotopic (exact) mass is 489 g/mol. The van der Waals surface area contributed by atoms with Gasteiger partial charge in [-0.3, -0.25) is 24.0 Å². The molecule has 12 N–H and O–H groups in total. The van der Waals surface area contributed by atoms with Gasteiger partial charge in [-0.05, 0) is 19.8 Å². The van der Waals surface area contributed by atoms with Crippen LogP contribution in [0.15, 0.2) is 0 Å². The minimum absolute atomic E-state index is 0.135. The van der Waals surface area contributed by atoms with Gasteiger partial charge >= 0.3 is 6.03 Å². The Labute approximate surface area is 196 Å². The van der Waals surface area contributed by atoms with Crippen LogP contribution in [0.1, 0.15) is 45.4 Å². The van der Waals surface area contributed by atoms with Crippen molar-refractivity contribution in [3.63, 3.8) is 0 Å². The standard InChI is InChI=1S/C19H35N7O8/c1-10(28)15(17(22)32)26-14(30)6-4-2-3-5-7-23-18(33)12(9-27)25-19(34)24-11(16(21)31)8-13(20)29/h10-12,15,27-28H,2-9H2,1H3,(H2,20,29)(H2,21,31)(H2,22,32)(H,23,33)(H,26,30)(H2,24,25,34). The van der Waals surface area contributed by atoms with Crippen LogP contribution in [0.25, 0.3) is 0 Å². The van der Waals surface area contributed by atoms with Crippen LogP contribution < -0.4 is 38.5 Å². The maximum atomic E-state index is 12.1. The van der Waals surface area contributed by atoms with Gasteiger partial charge in [0.25, 0.3) is 0 Å². The summed E-state index contributed by atoms with van der Waals surface area (Å²) in [7, 11) is 0. The van der Waals surface area contributed by atoms with E-state index in [4.69, 9.17) is 17.2 Å². The quantitative estimate of drug-likeness (QED) is 0.0901. The lowest BCUT2D eigenvalue weighted by Gasteiger charge is -2.19. The number of primary amides is 3. The van der Waals surface area contributed by atoms with E-state index in [1.165, 1.54) is 6.92 Å². The van der Waals surface area contributed by atoms with Gasteiger partial charge in [0, 0.05) is 13.0 Å². The van der Waals surface area contributed by atoms with E-state index in [0.29, 0.717) is 25.7 Å². The van der Waals surface area contributed by atoms with Gasteiger partial charge in [0.2, 0.25) is 29.5 Å². The van der Waals surface area contributed by atoms with E-state index in [9.17, 15) is 39.0 Å². The third-order valence-electron chi connectivity index (χ3n) is 4.59. The Kier molecular flexibility index (Phi) is 14.6. The maximum absolute atomic E-state index is 12.1. The minimum Gasteiger partial charge on any atom is -0.394 e. The zero-order chi connectivity index (χ0) is 26.3. The molecule has 34 heavy (non-hydrogen) atoms. The lowest BCUT2D eigenvalue weighted by molar-refractivity contribution is -0.129. The van der Waals surface area contributed by atoms with Crippen LogP contribution in [0.4, 0.5) is 4.79 Å². The number of amides is 7. The number of carbonyl (C=O) groups is 6. The summed E-state index contributed by atoms with van der Waals surface area (Å²) >= 11 is 0. The first-order chi connectivity index (χ1) is 15.9. The highest BCUT2D eigenvalue weighted by Crippen LogP contribution is 2.03. The second-order valence-electron chi connectivity index (χ2n) is 7.62. The van der Waals surface area contributed by atoms with Gasteiger partial charge < -0.3 is 48.7 Å². The van der Waals surface area contributed by atoms with E-state index >= 15 is 0 Å². The topological polar surface area (TPSA) is 269 Å². The number of hydrogen-bond acceptors (Lipinski definition) is 8. The number of unbranched alkanes of at least 4 members (excludes halogenated alkanes) is 3. The average Bonchev–Trinajstić information content (AvgIpc) is 2.73. The molecule has 4 atom stereocenters. The van der Waals surface area contributed by atoms with Crippen LogP contribution in [0.3, 0.4) is 0 Å². The fourth-order valence-electron chi connectivity index (χ4n) is 2.75. The summed E-state index contributed by atoms with van der Waals surface area (Å²) in [6, 6.07) is -4.82. The lowest BCUT2D eigenvalue weighted by atomic mass is 10.1. The highest BCUT2D eigenvalue weighted by molar-refractivity contribution is 5.92. The molecule has 0 saturated carbocycles. The van der Waals surface area contributed by atoms with Crippen molar-refractivity contribution in [2.24, 2.45) is 17.2 Å². The Bertz CT molecular complexity index is 731. The summed E-state index contributed by atoms with van der Waals surface area (Å²) in [4.78, 5) is 69.1. The summed E-state index contributed by atoms with van der Waals surface area (Å²) in [5, 5.41) is 27.9. The third kappa shape index (κ3) is 13.2. The van der Waals surface area contributed by atoms with Crippen LogP contribution in [0, 0.1) is 0 Å². The zero-order valence-corrected chi connectivity index (χ0v) is 19.0. The molecule has 0 aromatic carbocycles. The van der Waals surface area contributed by atoms with E-state index in [1.54, 1.807) is 0 Å². The predicted molar refractivity (Wildman–Crippen MR) is 118 cm³/mol. The van der Waals surface area contributed by atoms with Crippen molar-refractivity contribution in [2.75, 3.05) is 13.2 Å². The zero-order valence-electron chi connectivity index (χ0n) is 19.0. The molecule has 0 aliphatic heterocycles. The fourth-order valence-corrected chi connectivity index (χ4v) is 2.75. The van der Waals surface area contributed by atoms with Gasteiger partial charge in [-0.1, -0.05) is 12.8 Å². The Balaban J connectivity index is 4.21. The lowest BCUT2D eigenvalue weighted by Crippen LogP contribution is -2.56. The molecule has 0 fully saturated rings. The molecule has 0 saturated heterocycles. The van der Waals surface area contributed by atoms with Crippen molar-refractivity contribution in [1.82, 2.24) is 21.3 Å². The fraction of sp³-hybridized carbons (Fsp3) is 0.684. The first-order valence-corrected chi connectivity index (χ1v) is 10.7. The molecule has 4 unspecified atom stereocenters. The van der Waals surface area contributed by atoms with E-state index in [0.717, 1.165) is 0 Å². The Morgan fingerprint density at radius 2 is 1.41 bits per heavy atom. The molecule has 15 nitrogen and oxygen atoms in total. The van der Waals surface area contributed by atoms with Crippen molar-refractivity contribution < 1.29 is 39.0 Å². The molecule has 0 heterocycles. The summed E-state index contributed by atoms with van der Waals surface area (Å²) in [6.45, 7) is 0.863. The third-order valence-corrected chi connectivity index (χ3v) is 4.59. The molecule has 7 amide bonds. The van der Waals surface area contributed by atoms with Crippen LogP contribution in [0.5, 0.6) is 0 Å². The number of urea groups is 1. The summed E-state index contributed by atoms with van der Waals surface area (Å²) in [5.41, 5.74) is 15.1. The molecule has 0 aromatic rings. The number of nitrogens with two attached hydrogens (primary N) is 3. The minimum atomic E-state index is -1.37. The van der Waals surface area contributed by atoms with E-state index < -0.39 is 72.8 Å². The van der Waals surface area contributed by atoms with E-state index in [1.807, 2.05) is 0 Å². The van der Waals surface area contributed by atoms with E-state index in [-0.39, 0.29) is 13.0 Å². The van der Waals surface area contributed by atoms with Gasteiger partial charge in [-0.25, -0.2) is 4.79 Å². The summed E-state index contributed by atoms with van der Waals surface area (Å²) in [5.74, 6) is -3.77. The van der Waals surface area contributed by atoms with Gasteiger partial charge in [0.1, 0.15) is 18.1 Å². The van der Waals surface area contributed by atoms with Crippen molar-refractivity contribution in [3.8, 4) is 0 Å². The largest absolute Gasteiger partial charge is 0.394 e. The molecule has 0 aliphatic rings. The van der Waals surface area contributed by atoms with Crippen molar-refractivity contribution >= 4 is 35.6 Å². The Morgan fingerprint density at radius 3 is 1.91 bits per heavy atom. The number of nitrogens with one attached hydrogen (secondary N) is 4. The van der Waals surface area contributed by atoms with Crippen LogP contribution in [-0.4, -0.2) is 83.2 Å². The summed E-state index contributed by atoms with van der Waals surface area (Å²) in [6.07, 6.45) is 0.888. The number of rotatable bonds is 17. The van der Waals surface area contributed by atoms with E-state index in [2.05, 4.69) is 21.3 Å². The van der Waals surface area contributed by atoms with Gasteiger partial charge in [0.15, 0.2) is 0 Å². The molecule has 0 aromatic heterocycles. The molecule has 0 bridgehead atoms. The van der Waals surface area contributed by atoms with Crippen LogP contribution >= 0.6 is 0 Å². The number of hydrogen-bond donors (Lipinski definition) is 9. The molecule has 0 aliphatic carbocycles. The number of aliphatic hydroxyl groups is 2. The van der Waals surface area contributed by atoms with Crippen molar-refractivity contribution in [3.05, 3.63) is 0 Å². The Morgan fingerprint density at radius 1 is 0.824 bits per heavy atom. The Hall–Kier alpha value is -3.46. The molecular formula is C19H35N7O8. The molecule has 0 spiro atoms. The summed E-state index contributed by atoms with van der Waals surface area (Å²) < 4.78 is 0. The highest BCUT2D eigenvalue weighted by atomic mass is 16.3. The smallest absolute Gasteiger partial charge is 0.316 e. The molecular weight excluding hydrogens is 454 g/mol. The number of aliphatic hydroxyl groups excluding tert-OH is 2. The molecule has 0 radical (unpaired) electrons. The van der Waals surface area contributed by atoms with Crippen LogP contribution in [0.2, 0.25) is 0 Å². The first-order valence-electron chi connectivity index (χ1n) is 10.7. The van der Waals surface area contributed by atoms with Crippen molar-refractivity contribution in [1.29, 1.82) is 0 Å². The maximum Gasteiger partial charge on any atom is 0.316 e. The molecule has 194 valence electrons. The normalized spacial score (nSPS) is 14.1. The SMILES string of the molecule is CC(O)C(NC(=O)CCCCCCNC(=O)C(CO)NC(=O)NC(CC(N)=O)C(N)=O)C(N)=O. The van der Waals surface area contributed by atoms with Gasteiger partial charge in [-0.15, -0.1) is 0 Å². The number of carbonyl (C=O) groups excluding carboxylic acids is 6. The predicted octanol–water partition coefficient (Wildman–Crippen LogP) is -4.21. The van der Waals surface area contributed by atoms with Crippen molar-refractivity contribution in [2.45, 2.75) is 69.7 Å². The average molecular weight is 490 g/mol.